The summed E-state index contributed by atoms with van der Waals surface area (Å²) in [6.07, 6.45) is 6.81. The largest absolute Gasteiger partial charge is 0.397 e. The van der Waals surface area contributed by atoms with Crippen molar-refractivity contribution in [3.05, 3.63) is 47.1 Å². The lowest BCUT2D eigenvalue weighted by Gasteiger charge is -2.17. The van der Waals surface area contributed by atoms with Crippen molar-refractivity contribution in [1.29, 1.82) is 5.26 Å². The zero-order chi connectivity index (χ0) is 24.8. The Morgan fingerprint density at radius 1 is 1.25 bits per heavy atom. The van der Waals surface area contributed by atoms with Crippen molar-refractivity contribution < 1.29 is 14.1 Å². The second-order valence-corrected chi connectivity index (χ2v) is 9.58. The number of piperidine rings is 1. The minimum atomic E-state index is -0.458. The van der Waals surface area contributed by atoms with Crippen LogP contribution in [0.1, 0.15) is 34.5 Å². The van der Waals surface area contributed by atoms with E-state index in [2.05, 4.69) is 31.6 Å². The number of thiophene rings is 1. The second-order valence-electron chi connectivity index (χ2n) is 8.58. The Kier molecular flexibility index (Phi) is 5.19. The second kappa shape index (κ2) is 8.54. The molecule has 0 atom stereocenters. The fourth-order valence-corrected chi connectivity index (χ4v) is 5.71. The number of aromatic amines is 1. The lowest BCUT2D eigenvalue weighted by Crippen LogP contribution is -2.60. The molecule has 0 spiro atoms. The summed E-state index contributed by atoms with van der Waals surface area (Å²) in [5.41, 5.74) is 15.4. The van der Waals surface area contributed by atoms with Gasteiger partial charge in [-0.05, 0) is 37.0 Å². The Bertz CT molecular complexity index is 1670. The molecule has 0 bridgehead atoms. The van der Waals surface area contributed by atoms with Gasteiger partial charge in [0.1, 0.15) is 27.2 Å². The first-order valence-corrected chi connectivity index (χ1v) is 12.3. The normalized spacial score (nSPS) is 13.8. The molecule has 5 aromatic rings. The molecule has 0 radical (unpaired) electrons. The average molecular weight is 501 g/mol. The zero-order valence-electron chi connectivity index (χ0n) is 19.1. The van der Waals surface area contributed by atoms with Crippen molar-refractivity contribution in [3.8, 4) is 17.2 Å². The predicted octanol–water partition coefficient (Wildman–Crippen LogP) is 3.13. The van der Waals surface area contributed by atoms with Crippen LogP contribution in [0.3, 0.4) is 0 Å². The number of fused-ring (bicyclic) bond motifs is 2. The van der Waals surface area contributed by atoms with E-state index < -0.39 is 5.91 Å². The topological polar surface area (TPSA) is 167 Å². The first kappa shape index (κ1) is 21.9. The van der Waals surface area contributed by atoms with E-state index in [0.717, 1.165) is 53.7 Å². The lowest BCUT2D eigenvalue weighted by atomic mass is 9.94. The smallest absolute Gasteiger partial charge is 0.306 e. The molecule has 1 amide bonds. The van der Waals surface area contributed by atoms with Crippen molar-refractivity contribution >= 4 is 55.8 Å². The molecule has 6 rings (SSSR count). The van der Waals surface area contributed by atoms with Crippen molar-refractivity contribution in [1.82, 2.24) is 15.2 Å². The number of hydrogen-bond acceptors (Lipinski definition) is 9. The van der Waals surface area contributed by atoms with E-state index in [4.69, 9.17) is 16.0 Å². The molecule has 4 aromatic heterocycles. The first-order chi connectivity index (χ1) is 17.5. The van der Waals surface area contributed by atoms with E-state index in [0.29, 0.717) is 15.8 Å². The van der Waals surface area contributed by atoms with Gasteiger partial charge < -0.3 is 16.5 Å². The number of rotatable bonds is 4. The molecule has 1 saturated heterocycles. The van der Waals surface area contributed by atoms with Gasteiger partial charge in [0.15, 0.2) is 0 Å². The summed E-state index contributed by atoms with van der Waals surface area (Å²) >= 11 is 1.11. The molecular formula is C24H22N9O2S+. The number of nitriles is 1. The third-order valence-electron chi connectivity index (χ3n) is 6.40. The number of nitrogen functional groups attached to an aromatic ring is 2. The average Bonchev–Trinajstić information content (AvgIpc) is 3.63. The molecule has 0 saturated carbocycles. The summed E-state index contributed by atoms with van der Waals surface area (Å²) in [7, 11) is 0. The molecule has 0 unspecified atom stereocenters. The van der Waals surface area contributed by atoms with Crippen molar-refractivity contribution in [2.24, 2.45) is 0 Å². The molecule has 1 aromatic carbocycles. The van der Waals surface area contributed by atoms with E-state index in [1.54, 1.807) is 11.0 Å². The molecule has 180 valence electrons. The molecule has 5 heterocycles. The third-order valence-corrected chi connectivity index (χ3v) is 7.50. The number of nitrogens with two attached hydrogens (primary N) is 2. The molecule has 0 aliphatic carbocycles. The Hall–Kier alpha value is -4.63. The number of amides is 1. The highest BCUT2D eigenvalue weighted by atomic mass is 32.1. The number of carbonyl (C=O) groups is 1. The van der Waals surface area contributed by atoms with Crippen LogP contribution in [-0.2, 0) is 0 Å². The minimum Gasteiger partial charge on any atom is -0.397 e. The van der Waals surface area contributed by atoms with Crippen LogP contribution in [0.25, 0.3) is 32.2 Å². The van der Waals surface area contributed by atoms with Crippen LogP contribution in [0.4, 0.5) is 17.4 Å². The Balaban J connectivity index is 1.42. The standard InChI is InChI=1S/C24H21N9O2S/c25-11-15-18(14-5-4-6-16-13(14)7-8-28-16)19-20(26)21(36-24(19)30-22(15)27)23(34)29-17-12-33(31-35-17)32-9-2-1-3-10-32/h4-8,12H,1-3,9-10H2,(H5-,26,27,28,29,30,31,34)/p+1. The van der Waals surface area contributed by atoms with E-state index in [9.17, 15) is 10.1 Å². The number of H-pyrrole nitrogens is 1. The molecule has 1 fully saturated rings. The molecule has 36 heavy (non-hydrogen) atoms. The quantitative estimate of drug-likeness (QED) is 0.273. The van der Waals surface area contributed by atoms with E-state index in [1.165, 1.54) is 6.42 Å². The Labute approximate surface area is 208 Å². The SMILES string of the molecule is N#Cc1c(N)nc2sc(C(=O)Nc3c[n+](N4CCCCC4)no3)c(N)c2c1-c1cccc2[nH]ccc12. The summed E-state index contributed by atoms with van der Waals surface area (Å²) < 4.78 is 5.33. The molecule has 11 nitrogen and oxygen atoms in total. The highest BCUT2D eigenvalue weighted by Crippen LogP contribution is 2.44. The van der Waals surface area contributed by atoms with E-state index in [1.807, 2.05) is 30.5 Å². The summed E-state index contributed by atoms with van der Waals surface area (Å²) in [5.74, 6) is -0.177. The van der Waals surface area contributed by atoms with Gasteiger partial charge in [-0.3, -0.25) is 14.6 Å². The van der Waals surface area contributed by atoms with Crippen LogP contribution < -0.4 is 26.6 Å². The van der Waals surface area contributed by atoms with E-state index >= 15 is 0 Å². The summed E-state index contributed by atoms with van der Waals surface area (Å²) in [4.78, 5) is 23.1. The number of nitrogens with zero attached hydrogens (tertiary/aromatic N) is 5. The molecule has 6 N–H and O–H groups in total. The molecule has 12 heteroatoms. The van der Waals surface area contributed by atoms with Gasteiger partial charge in [-0.15, -0.1) is 11.3 Å². The lowest BCUT2D eigenvalue weighted by molar-refractivity contribution is -0.759. The fraction of sp³-hybridized carbons (Fsp3) is 0.208. The molecular weight excluding hydrogens is 478 g/mol. The maximum Gasteiger partial charge on any atom is 0.306 e. The van der Waals surface area contributed by atoms with Gasteiger partial charge in [0, 0.05) is 28.0 Å². The van der Waals surface area contributed by atoms with Crippen molar-refractivity contribution in [2.75, 3.05) is 34.9 Å². The molecule has 1 aliphatic heterocycles. The van der Waals surface area contributed by atoms with Gasteiger partial charge in [-0.2, -0.15) is 10.3 Å². The Morgan fingerprint density at radius 2 is 2.08 bits per heavy atom. The maximum absolute atomic E-state index is 13.2. The number of nitrogens with one attached hydrogen (secondary N) is 2. The van der Waals surface area contributed by atoms with E-state index in [-0.39, 0.29) is 27.8 Å². The number of benzene rings is 1. The van der Waals surface area contributed by atoms with Gasteiger partial charge in [0.25, 0.3) is 12.1 Å². The van der Waals surface area contributed by atoms with Gasteiger partial charge >= 0.3 is 5.88 Å². The summed E-state index contributed by atoms with van der Waals surface area (Å²) in [5, 5.41) is 20.2. The van der Waals surface area contributed by atoms with Crippen LogP contribution in [0.5, 0.6) is 0 Å². The van der Waals surface area contributed by atoms with Crippen LogP contribution in [0.2, 0.25) is 0 Å². The predicted molar refractivity (Wildman–Crippen MR) is 137 cm³/mol. The minimum absolute atomic E-state index is 0.0820. The summed E-state index contributed by atoms with van der Waals surface area (Å²) in [6.45, 7) is 1.75. The number of hydrogen-bond donors (Lipinski definition) is 4. The highest BCUT2D eigenvalue weighted by Gasteiger charge is 2.27. The van der Waals surface area contributed by atoms with Crippen LogP contribution in [-0.4, -0.2) is 34.2 Å². The van der Waals surface area contributed by atoms with Gasteiger partial charge in [0.05, 0.1) is 23.6 Å². The number of carbonyl (C=O) groups excluding carboxylic acids is 1. The third kappa shape index (κ3) is 3.48. The molecule has 1 aliphatic rings. The number of pyridine rings is 1. The van der Waals surface area contributed by atoms with Crippen LogP contribution in [0, 0.1) is 11.3 Å². The Morgan fingerprint density at radius 3 is 2.89 bits per heavy atom. The van der Waals surface area contributed by atoms with Crippen LogP contribution >= 0.6 is 11.3 Å². The van der Waals surface area contributed by atoms with Gasteiger partial charge in [-0.1, -0.05) is 12.1 Å². The fourth-order valence-electron chi connectivity index (χ4n) is 4.70. The maximum atomic E-state index is 13.2. The van der Waals surface area contributed by atoms with Gasteiger partial charge in [0.2, 0.25) is 5.27 Å². The number of anilines is 3. The van der Waals surface area contributed by atoms with Crippen molar-refractivity contribution in [3.63, 3.8) is 0 Å². The number of aromatic nitrogens is 4. The van der Waals surface area contributed by atoms with Gasteiger partial charge in [-0.25, -0.2) is 4.98 Å². The monoisotopic (exact) mass is 500 g/mol. The van der Waals surface area contributed by atoms with Crippen molar-refractivity contribution in [2.45, 2.75) is 19.3 Å². The summed E-state index contributed by atoms with van der Waals surface area (Å²) in [6, 6.07) is 9.82. The zero-order valence-corrected chi connectivity index (χ0v) is 19.9. The van der Waals surface area contributed by atoms with Crippen LogP contribution in [0.15, 0.2) is 41.2 Å². The highest BCUT2D eigenvalue weighted by molar-refractivity contribution is 7.21. The first-order valence-electron chi connectivity index (χ1n) is 11.5.